The highest BCUT2D eigenvalue weighted by Crippen LogP contribution is 2.32. The quantitative estimate of drug-likeness (QED) is 0.848. The molecule has 1 atom stereocenters. The van der Waals surface area contributed by atoms with Crippen LogP contribution in [0.25, 0.3) is 0 Å². The van der Waals surface area contributed by atoms with Crippen molar-refractivity contribution in [1.29, 1.82) is 0 Å². The standard InChI is InChI=1S/C15H21ClN2S/c1-4-11(5-2)14-9-17-15(19-14)18-13-7-6-10(3)8-12(13)16/h6-8,11,14H,4-5,9H2,1-3H3,(H,17,18). The van der Waals surface area contributed by atoms with Gasteiger partial charge in [0.1, 0.15) is 0 Å². The monoisotopic (exact) mass is 296 g/mol. The summed E-state index contributed by atoms with van der Waals surface area (Å²) in [7, 11) is 0. The topological polar surface area (TPSA) is 24.4 Å². The van der Waals surface area contributed by atoms with Crippen LogP contribution in [-0.2, 0) is 0 Å². The van der Waals surface area contributed by atoms with E-state index in [0.29, 0.717) is 5.25 Å². The van der Waals surface area contributed by atoms with Crippen LogP contribution in [0, 0.1) is 12.8 Å². The van der Waals surface area contributed by atoms with E-state index in [2.05, 4.69) is 30.2 Å². The molecule has 1 aliphatic rings. The molecule has 0 radical (unpaired) electrons. The van der Waals surface area contributed by atoms with Gasteiger partial charge in [0, 0.05) is 5.25 Å². The number of aryl methyl sites for hydroxylation is 1. The van der Waals surface area contributed by atoms with Crippen molar-refractivity contribution in [1.82, 2.24) is 0 Å². The minimum Gasteiger partial charge on any atom is -0.334 e. The minimum atomic E-state index is 0.613. The Kier molecular flexibility index (Phi) is 5.17. The number of thioether (sulfide) groups is 1. The second-order valence-electron chi connectivity index (χ2n) is 4.99. The van der Waals surface area contributed by atoms with Crippen molar-refractivity contribution in [3.63, 3.8) is 0 Å². The summed E-state index contributed by atoms with van der Waals surface area (Å²) in [5.41, 5.74) is 2.12. The first kappa shape index (κ1) is 14.7. The number of hydrogen-bond acceptors (Lipinski definition) is 3. The summed E-state index contributed by atoms with van der Waals surface area (Å²) in [4.78, 5) is 4.60. The number of halogens is 1. The summed E-state index contributed by atoms with van der Waals surface area (Å²) in [5.74, 6) is 0.751. The average molecular weight is 297 g/mol. The van der Waals surface area contributed by atoms with Crippen molar-refractivity contribution in [2.45, 2.75) is 38.9 Å². The first-order chi connectivity index (χ1) is 9.13. The predicted molar refractivity (Wildman–Crippen MR) is 87.6 cm³/mol. The van der Waals surface area contributed by atoms with Crippen LogP contribution in [0.15, 0.2) is 23.2 Å². The molecule has 1 aliphatic heterocycles. The highest BCUT2D eigenvalue weighted by molar-refractivity contribution is 8.15. The van der Waals surface area contributed by atoms with Gasteiger partial charge in [-0.25, -0.2) is 0 Å². The summed E-state index contributed by atoms with van der Waals surface area (Å²) in [5, 5.41) is 5.72. The molecule has 1 heterocycles. The number of nitrogens with zero attached hydrogens (tertiary/aromatic N) is 1. The van der Waals surface area contributed by atoms with E-state index in [1.54, 1.807) is 0 Å². The molecule has 0 fully saturated rings. The molecule has 0 bridgehead atoms. The van der Waals surface area contributed by atoms with Crippen LogP contribution < -0.4 is 5.32 Å². The molecule has 2 rings (SSSR count). The van der Waals surface area contributed by atoms with Gasteiger partial charge in [0.2, 0.25) is 0 Å². The number of aliphatic imine (C=N–C) groups is 1. The smallest absolute Gasteiger partial charge is 0.161 e. The SMILES string of the molecule is CCC(CC)C1CN=C(Nc2ccc(C)cc2Cl)S1. The molecule has 2 nitrogen and oxygen atoms in total. The van der Waals surface area contributed by atoms with Crippen molar-refractivity contribution < 1.29 is 0 Å². The zero-order chi connectivity index (χ0) is 13.8. The zero-order valence-corrected chi connectivity index (χ0v) is 13.3. The van der Waals surface area contributed by atoms with Gasteiger partial charge in [-0.1, -0.05) is 56.1 Å². The molecule has 1 unspecified atom stereocenters. The maximum Gasteiger partial charge on any atom is 0.161 e. The molecule has 19 heavy (non-hydrogen) atoms. The van der Waals surface area contributed by atoms with E-state index in [1.165, 1.54) is 18.4 Å². The van der Waals surface area contributed by atoms with E-state index in [0.717, 1.165) is 28.3 Å². The zero-order valence-electron chi connectivity index (χ0n) is 11.7. The molecular weight excluding hydrogens is 276 g/mol. The Morgan fingerprint density at radius 2 is 2.16 bits per heavy atom. The van der Waals surface area contributed by atoms with Gasteiger partial charge >= 0.3 is 0 Å². The van der Waals surface area contributed by atoms with Crippen LogP contribution in [0.1, 0.15) is 32.3 Å². The lowest BCUT2D eigenvalue weighted by Crippen LogP contribution is -2.17. The van der Waals surface area contributed by atoms with Crippen LogP contribution in [-0.4, -0.2) is 17.0 Å². The van der Waals surface area contributed by atoms with Gasteiger partial charge in [0.05, 0.1) is 17.3 Å². The molecule has 0 spiro atoms. The number of benzene rings is 1. The Morgan fingerprint density at radius 3 is 2.79 bits per heavy atom. The molecule has 0 aliphatic carbocycles. The predicted octanol–water partition coefficient (Wildman–Crippen LogP) is 4.97. The van der Waals surface area contributed by atoms with Crippen molar-refractivity contribution in [2.24, 2.45) is 10.9 Å². The first-order valence-corrected chi connectivity index (χ1v) is 8.14. The molecule has 104 valence electrons. The molecule has 0 saturated carbocycles. The van der Waals surface area contributed by atoms with Gasteiger partial charge in [-0.05, 0) is 30.5 Å². The maximum absolute atomic E-state index is 6.23. The second-order valence-corrected chi connectivity index (χ2v) is 6.62. The number of hydrogen-bond donors (Lipinski definition) is 1. The lowest BCUT2D eigenvalue weighted by atomic mass is 9.99. The third kappa shape index (κ3) is 3.67. The van der Waals surface area contributed by atoms with Crippen LogP contribution in [0.5, 0.6) is 0 Å². The van der Waals surface area contributed by atoms with Gasteiger partial charge in [0.15, 0.2) is 5.17 Å². The normalized spacial score (nSPS) is 18.8. The maximum atomic E-state index is 6.23. The van der Waals surface area contributed by atoms with Gasteiger partial charge < -0.3 is 5.32 Å². The van der Waals surface area contributed by atoms with Crippen LogP contribution in [0.2, 0.25) is 5.02 Å². The number of rotatable bonds is 4. The highest BCUT2D eigenvalue weighted by Gasteiger charge is 2.26. The second kappa shape index (κ2) is 6.67. The van der Waals surface area contributed by atoms with E-state index in [1.807, 2.05) is 30.8 Å². The third-order valence-electron chi connectivity index (χ3n) is 3.62. The van der Waals surface area contributed by atoms with E-state index >= 15 is 0 Å². The summed E-state index contributed by atoms with van der Waals surface area (Å²) >= 11 is 8.09. The van der Waals surface area contributed by atoms with Crippen LogP contribution >= 0.6 is 23.4 Å². The van der Waals surface area contributed by atoms with Crippen molar-refractivity contribution in [3.8, 4) is 0 Å². The van der Waals surface area contributed by atoms with Crippen molar-refractivity contribution >= 4 is 34.2 Å². The Balaban J connectivity index is 1.98. The van der Waals surface area contributed by atoms with Gasteiger partial charge in [-0.3, -0.25) is 4.99 Å². The van der Waals surface area contributed by atoms with Crippen molar-refractivity contribution in [2.75, 3.05) is 11.9 Å². The minimum absolute atomic E-state index is 0.613. The lowest BCUT2D eigenvalue weighted by molar-refractivity contribution is 0.479. The van der Waals surface area contributed by atoms with Crippen LogP contribution in [0.3, 0.4) is 0 Å². The molecule has 0 amide bonds. The van der Waals surface area contributed by atoms with E-state index in [4.69, 9.17) is 11.6 Å². The van der Waals surface area contributed by atoms with Gasteiger partial charge in [0.25, 0.3) is 0 Å². The third-order valence-corrected chi connectivity index (χ3v) is 5.22. The highest BCUT2D eigenvalue weighted by atomic mass is 35.5. The molecular formula is C15H21ClN2S. The Labute approximate surface area is 125 Å². The largest absolute Gasteiger partial charge is 0.334 e. The average Bonchev–Trinajstić information content (AvgIpc) is 2.83. The molecule has 4 heteroatoms. The number of nitrogens with one attached hydrogen (secondary N) is 1. The molecule has 0 aromatic heterocycles. The van der Waals surface area contributed by atoms with E-state index < -0.39 is 0 Å². The van der Waals surface area contributed by atoms with Gasteiger partial charge in [-0.15, -0.1) is 0 Å². The number of amidine groups is 1. The fraction of sp³-hybridized carbons (Fsp3) is 0.533. The summed E-state index contributed by atoms with van der Waals surface area (Å²) in [6.07, 6.45) is 2.45. The molecule has 1 N–H and O–H groups in total. The lowest BCUT2D eigenvalue weighted by Gasteiger charge is -2.18. The fourth-order valence-electron chi connectivity index (χ4n) is 2.36. The summed E-state index contributed by atoms with van der Waals surface area (Å²) in [6, 6.07) is 6.06. The van der Waals surface area contributed by atoms with Crippen LogP contribution in [0.4, 0.5) is 5.69 Å². The molecule has 1 aromatic rings. The molecule has 0 saturated heterocycles. The number of anilines is 1. The van der Waals surface area contributed by atoms with Crippen molar-refractivity contribution in [3.05, 3.63) is 28.8 Å². The Bertz CT molecular complexity index is 469. The Morgan fingerprint density at radius 1 is 1.42 bits per heavy atom. The van der Waals surface area contributed by atoms with E-state index in [-0.39, 0.29) is 0 Å². The first-order valence-electron chi connectivity index (χ1n) is 6.88. The van der Waals surface area contributed by atoms with Gasteiger partial charge in [-0.2, -0.15) is 0 Å². The summed E-state index contributed by atoms with van der Waals surface area (Å²) in [6.45, 7) is 7.48. The Hall–Kier alpha value is -0.670. The molecule has 1 aromatic carbocycles. The van der Waals surface area contributed by atoms with E-state index in [9.17, 15) is 0 Å². The summed E-state index contributed by atoms with van der Waals surface area (Å²) < 4.78 is 0. The fourth-order valence-corrected chi connectivity index (χ4v) is 3.97.